The zero-order valence-corrected chi connectivity index (χ0v) is 12.9. The minimum atomic E-state index is -1.86. The summed E-state index contributed by atoms with van der Waals surface area (Å²) in [6.07, 6.45) is 0. The quantitative estimate of drug-likeness (QED) is 0.388. The molecule has 0 fully saturated rings. The summed E-state index contributed by atoms with van der Waals surface area (Å²) < 4.78 is 0. The summed E-state index contributed by atoms with van der Waals surface area (Å²) in [6, 6.07) is 3.75. The van der Waals surface area contributed by atoms with Gasteiger partial charge in [0.05, 0.1) is 0 Å². The van der Waals surface area contributed by atoms with Crippen molar-refractivity contribution in [2.75, 3.05) is 0 Å². The number of Topliss-reactive ketones (excluding diaryl/α,β-unsaturated/α-hetero) is 2. The molecule has 20 heavy (non-hydrogen) atoms. The molecule has 4 heteroatoms. The molecule has 0 saturated heterocycles. The van der Waals surface area contributed by atoms with Crippen LogP contribution in [0.25, 0.3) is 0 Å². The minimum absolute atomic E-state index is 0.415. The number of aryl methyl sites for hydroxylation is 3. The molecule has 110 valence electrons. The van der Waals surface area contributed by atoms with Gasteiger partial charge in [0.25, 0.3) is 0 Å². The third kappa shape index (κ3) is 2.81. The molecule has 1 rings (SSSR count). The zero-order chi connectivity index (χ0) is 15.7. The van der Waals surface area contributed by atoms with Gasteiger partial charge in [0, 0.05) is 11.5 Å². The predicted octanol–water partition coefficient (Wildman–Crippen LogP) is 3.27. The van der Waals surface area contributed by atoms with Crippen LogP contribution in [0.15, 0.2) is 12.1 Å². The Morgan fingerprint density at radius 2 is 1.60 bits per heavy atom. The van der Waals surface area contributed by atoms with Crippen molar-refractivity contribution >= 4 is 11.6 Å². The van der Waals surface area contributed by atoms with E-state index in [-0.39, 0.29) is 0 Å². The first-order valence-electron chi connectivity index (χ1n) is 6.64. The molecule has 0 aliphatic carbocycles. The maximum absolute atomic E-state index is 12.7. The Morgan fingerprint density at radius 1 is 1.15 bits per heavy atom. The Morgan fingerprint density at radius 3 is 1.95 bits per heavy atom. The maximum Gasteiger partial charge on any atom is 0.220 e. The number of carbonyl (C=O) groups excluding carboxylic acids is 2. The second-order valence-corrected chi connectivity index (χ2v) is 5.75. The lowest BCUT2D eigenvalue weighted by Crippen LogP contribution is -2.48. The van der Waals surface area contributed by atoms with E-state index < -0.39 is 23.1 Å². The van der Waals surface area contributed by atoms with Crippen LogP contribution < -0.4 is 0 Å². The molecule has 0 heterocycles. The summed E-state index contributed by atoms with van der Waals surface area (Å²) in [6.45, 7) is 10.2. The highest BCUT2D eigenvalue weighted by molar-refractivity contribution is 6.18. The molecule has 4 nitrogen and oxygen atoms in total. The third-order valence-corrected chi connectivity index (χ3v) is 3.51. The monoisotopic (exact) mass is 278 g/mol. The van der Waals surface area contributed by atoms with E-state index in [1.165, 1.54) is 6.92 Å². The lowest BCUT2D eigenvalue weighted by atomic mass is 9.82. The topological polar surface area (TPSA) is 63.6 Å². The van der Waals surface area contributed by atoms with Crippen molar-refractivity contribution in [1.29, 1.82) is 0 Å². The summed E-state index contributed by atoms with van der Waals surface area (Å²) in [5.74, 6) is -1.36. The highest BCUT2D eigenvalue weighted by Gasteiger charge is 2.45. The molecule has 0 aliphatic rings. The third-order valence-electron chi connectivity index (χ3n) is 3.51. The lowest BCUT2D eigenvalue weighted by molar-refractivity contribution is -0.290. The molecule has 0 saturated carbocycles. The Balaban J connectivity index is 3.39. The SMILES string of the molecule is Cc1cc(C)c(C(=O)C(C)(OO)C(=O)C(C)C)c(C)c1. The van der Waals surface area contributed by atoms with Gasteiger partial charge in [-0.1, -0.05) is 31.5 Å². The molecule has 0 bridgehead atoms. The molecule has 1 aromatic carbocycles. The van der Waals surface area contributed by atoms with Gasteiger partial charge < -0.3 is 0 Å². The van der Waals surface area contributed by atoms with Crippen LogP contribution in [-0.2, 0) is 9.68 Å². The first-order valence-corrected chi connectivity index (χ1v) is 6.64. The molecule has 0 radical (unpaired) electrons. The second-order valence-electron chi connectivity index (χ2n) is 5.75. The first-order chi connectivity index (χ1) is 9.15. The Kier molecular flexibility index (Phi) is 4.84. The average molecular weight is 278 g/mol. The van der Waals surface area contributed by atoms with E-state index in [1.807, 2.05) is 32.9 Å². The van der Waals surface area contributed by atoms with E-state index in [1.54, 1.807) is 13.8 Å². The second kappa shape index (κ2) is 5.85. The van der Waals surface area contributed by atoms with Crippen LogP contribution in [0.4, 0.5) is 0 Å². The van der Waals surface area contributed by atoms with Gasteiger partial charge in [-0.15, -0.1) is 0 Å². The highest BCUT2D eigenvalue weighted by Crippen LogP contribution is 2.26. The van der Waals surface area contributed by atoms with Gasteiger partial charge in [0.15, 0.2) is 5.78 Å². The van der Waals surface area contributed by atoms with Gasteiger partial charge in [0.1, 0.15) is 0 Å². The molecular weight excluding hydrogens is 256 g/mol. The van der Waals surface area contributed by atoms with Crippen molar-refractivity contribution in [3.05, 3.63) is 34.4 Å². The number of hydrogen-bond donors (Lipinski definition) is 1. The fraction of sp³-hybridized carbons (Fsp3) is 0.500. The number of carbonyl (C=O) groups is 2. The van der Waals surface area contributed by atoms with Crippen LogP contribution in [-0.4, -0.2) is 22.4 Å². The normalized spacial score (nSPS) is 14.2. The van der Waals surface area contributed by atoms with Gasteiger partial charge in [-0.25, -0.2) is 4.89 Å². The van der Waals surface area contributed by atoms with Crippen molar-refractivity contribution in [2.45, 2.75) is 47.1 Å². The summed E-state index contributed by atoms with van der Waals surface area (Å²) in [7, 11) is 0. The summed E-state index contributed by atoms with van der Waals surface area (Å²) in [4.78, 5) is 29.2. The minimum Gasteiger partial charge on any atom is -0.295 e. The molecule has 0 amide bonds. The fourth-order valence-electron chi connectivity index (χ4n) is 2.53. The molecule has 0 spiro atoms. The zero-order valence-electron chi connectivity index (χ0n) is 12.9. The number of benzene rings is 1. The smallest absolute Gasteiger partial charge is 0.220 e. The molecule has 1 atom stereocenters. The number of hydrogen-bond acceptors (Lipinski definition) is 4. The molecule has 0 aromatic heterocycles. The van der Waals surface area contributed by atoms with Crippen LogP contribution in [0.3, 0.4) is 0 Å². The van der Waals surface area contributed by atoms with Crippen LogP contribution in [0, 0.1) is 26.7 Å². The Labute approximate surface area is 119 Å². The van der Waals surface area contributed by atoms with Crippen molar-refractivity contribution < 1.29 is 19.7 Å². The predicted molar refractivity (Wildman–Crippen MR) is 76.9 cm³/mol. The Bertz CT molecular complexity index is 522. The van der Waals surface area contributed by atoms with Crippen molar-refractivity contribution in [3.63, 3.8) is 0 Å². The van der Waals surface area contributed by atoms with E-state index in [4.69, 9.17) is 5.26 Å². The number of rotatable bonds is 5. The van der Waals surface area contributed by atoms with Gasteiger partial charge in [0.2, 0.25) is 11.4 Å². The van der Waals surface area contributed by atoms with E-state index in [2.05, 4.69) is 4.89 Å². The highest BCUT2D eigenvalue weighted by atomic mass is 17.1. The van der Waals surface area contributed by atoms with E-state index >= 15 is 0 Å². The summed E-state index contributed by atoms with van der Waals surface area (Å²) in [5.41, 5.74) is 1.15. The van der Waals surface area contributed by atoms with E-state index in [9.17, 15) is 9.59 Å². The van der Waals surface area contributed by atoms with Gasteiger partial charge in [-0.3, -0.25) is 14.8 Å². The van der Waals surface area contributed by atoms with Gasteiger partial charge in [-0.2, -0.15) is 0 Å². The maximum atomic E-state index is 12.7. The van der Waals surface area contributed by atoms with Crippen LogP contribution in [0.5, 0.6) is 0 Å². The van der Waals surface area contributed by atoms with Crippen molar-refractivity contribution in [1.82, 2.24) is 0 Å². The van der Waals surface area contributed by atoms with Crippen molar-refractivity contribution in [3.8, 4) is 0 Å². The van der Waals surface area contributed by atoms with E-state index in [0.29, 0.717) is 5.56 Å². The van der Waals surface area contributed by atoms with Crippen LogP contribution >= 0.6 is 0 Å². The largest absolute Gasteiger partial charge is 0.295 e. The molecule has 1 N–H and O–H groups in total. The standard InChI is InChI=1S/C16H22O4/c1-9(2)14(17)16(6,20-19)15(18)13-11(4)7-10(3)8-12(13)5/h7-9,19H,1-6H3. The van der Waals surface area contributed by atoms with Crippen LogP contribution in [0.2, 0.25) is 0 Å². The fourth-order valence-corrected chi connectivity index (χ4v) is 2.53. The van der Waals surface area contributed by atoms with Crippen molar-refractivity contribution in [2.24, 2.45) is 5.92 Å². The molecular formula is C16H22O4. The lowest BCUT2D eigenvalue weighted by Gasteiger charge is -2.26. The van der Waals surface area contributed by atoms with E-state index in [0.717, 1.165) is 16.7 Å². The molecule has 0 aliphatic heterocycles. The van der Waals surface area contributed by atoms with Gasteiger partial charge >= 0.3 is 0 Å². The van der Waals surface area contributed by atoms with Crippen LogP contribution in [0.1, 0.15) is 47.8 Å². The molecule has 1 aromatic rings. The summed E-state index contributed by atoms with van der Waals surface area (Å²) >= 11 is 0. The number of ketones is 2. The average Bonchev–Trinajstić information content (AvgIpc) is 2.35. The Hall–Kier alpha value is -1.52. The molecule has 1 unspecified atom stereocenters. The summed E-state index contributed by atoms with van der Waals surface area (Å²) in [5, 5.41) is 9.13. The first kappa shape index (κ1) is 16.5. The van der Waals surface area contributed by atoms with Gasteiger partial charge in [-0.05, 0) is 38.8 Å².